The highest BCUT2D eigenvalue weighted by molar-refractivity contribution is 5.80. The molecule has 0 aromatic carbocycles. The van der Waals surface area contributed by atoms with Gasteiger partial charge in [-0.2, -0.15) is 0 Å². The van der Waals surface area contributed by atoms with E-state index in [4.69, 9.17) is 14.2 Å². The van der Waals surface area contributed by atoms with Crippen molar-refractivity contribution in [3.8, 4) is 0 Å². The zero-order valence-corrected chi connectivity index (χ0v) is 12.8. The fourth-order valence-corrected chi connectivity index (χ4v) is 2.15. The van der Waals surface area contributed by atoms with Crippen molar-refractivity contribution in [2.75, 3.05) is 6.61 Å². The van der Waals surface area contributed by atoms with Crippen LogP contribution in [0.3, 0.4) is 0 Å². The van der Waals surface area contributed by atoms with E-state index < -0.39 is 61.0 Å². The highest BCUT2D eigenvalue weighted by Crippen LogP contribution is 2.36. The standard InChI is InChI=1S/C13H18O10/c1-6(14)20-5-9(17)11-10(21-7(2)15)4-13(23-11,12(18)19)22-8(3)16/h9-11,17H,4-5H2,1-3H3,(H,18,19)/t9-,10-,11+,13+/m1/s1. The number of aliphatic carboxylic acids is 1. The Morgan fingerprint density at radius 3 is 2.22 bits per heavy atom. The quantitative estimate of drug-likeness (QED) is 0.457. The lowest BCUT2D eigenvalue weighted by molar-refractivity contribution is -0.241. The van der Waals surface area contributed by atoms with E-state index >= 15 is 0 Å². The van der Waals surface area contributed by atoms with Crippen molar-refractivity contribution >= 4 is 23.9 Å². The lowest BCUT2D eigenvalue weighted by atomic mass is 10.1. The van der Waals surface area contributed by atoms with Gasteiger partial charge in [0.15, 0.2) is 0 Å². The van der Waals surface area contributed by atoms with Crippen LogP contribution in [0.1, 0.15) is 27.2 Å². The van der Waals surface area contributed by atoms with E-state index in [0.717, 1.165) is 20.8 Å². The number of aliphatic hydroxyl groups is 1. The lowest BCUT2D eigenvalue weighted by Gasteiger charge is -2.25. The van der Waals surface area contributed by atoms with Crippen molar-refractivity contribution in [1.29, 1.82) is 0 Å². The summed E-state index contributed by atoms with van der Waals surface area (Å²) in [6.07, 6.45) is -4.55. The van der Waals surface area contributed by atoms with Crippen molar-refractivity contribution in [2.45, 2.75) is 51.3 Å². The van der Waals surface area contributed by atoms with E-state index in [-0.39, 0.29) is 0 Å². The second-order valence-electron chi connectivity index (χ2n) is 4.96. The molecule has 10 heteroatoms. The van der Waals surface area contributed by atoms with Gasteiger partial charge in [0.1, 0.15) is 24.9 Å². The average Bonchev–Trinajstić information content (AvgIpc) is 2.74. The summed E-state index contributed by atoms with van der Waals surface area (Å²) in [7, 11) is 0. The molecule has 4 atom stereocenters. The molecule has 0 aliphatic carbocycles. The number of ether oxygens (including phenoxy) is 4. The molecule has 1 fully saturated rings. The molecule has 0 radical (unpaired) electrons. The van der Waals surface area contributed by atoms with Crippen molar-refractivity contribution in [3.05, 3.63) is 0 Å². The molecule has 0 aromatic heterocycles. The Balaban J connectivity index is 3.00. The van der Waals surface area contributed by atoms with Gasteiger partial charge in [0, 0.05) is 20.8 Å². The van der Waals surface area contributed by atoms with Gasteiger partial charge in [-0.1, -0.05) is 0 Å². The number of esters is 3. The molecule has 10 nitrogen and oxygen atoms in total. The second-order valence-corrected chi connectivity index (χ2v) is 4.96. The van der Waals surface area contributed by atoms with E-state index in [0.29, 0.717) is 0 Å². The van der Waals surface area contributed by atoms with Crippen molar-refractivity contribution in [1.82, 2.24) is 0 Å². The molecule has 0 amide bonds. The minimum atomic E-state index is -2.40. The third kappa shape index (κ3) is 4.89. The van der Waals surface area contributed by atoms with Crippen molar-refractivity contribution in [3.63, 3.8) is 0 Å². The topological polar surface area (TPSA) is 146 Å². The first-order chi connectivity index (χ1) is 10.6. The largest absolute Gasteiger partial charge is 0.476 e. The van der Waals surface area contributed by atoms with E-state index in [2.05, 4.69) is 4.74 Å². The molecule has 1 heterocycles. The van der Waals surface area contributed by atoms with Crippen molar-refractivity contribution < 1.29 is 48.3 Å². The molecular weight excluding hydrogens is 316 g/mol. The Kier molecular flexibility index (Phi) is 6.05. The minimum absolute atomic E-state index is 0.506. The third-order valence-electron chi connectivity index (χ3n) is 2.95. The Labute approximate surface area is 131 Å². The predicted octanol–water partition coefficient (Wildman–Crippen LogP) is -1.02. The summed E-state index contributed by atoms with van der Waals surface area (Å²) in [4.78, 5) is 44.5. The van der Waals surface area contributed by atoms with Crippen LogP contribution in [0.5, 0.6) is 0 Å². The normalized spacial score (nSPS) is 27.8. The molecule has 23 heavy (non-hydrogen) atoms. The summed E-state index contributed by atoms with van der Waals surface area (Å²) in [5, 5.41) is 19.3. The molecule has 0 saturated carbocycles. The summed E-state index contributed by atoms with van der Waals surface area (Å²) in [5.41, 5.74) is 0. The molecule has 0 unspecified atom stereocenters. The zero-order valence-electron chi connectivity index (χ0n) is 12.8. The molecule has 0 aromatic rings. The van der Waals surface area contributed by atoms with Crippen LogP contribution >= 0.6 is 0 Å². The summed E-state index contributed by atoms with van der Waals surface area (Å²) in [5.74, 6) is -6.35. The number of rotatable bonds is 6. The summed E-state index contributed by atoms with van der Waals surface area (Å²) < 4.78 is 19.4. The van der Waals surface area contributed by atoms with Crippen LogP contribution in [0.25, 0.3) is 0 Å². The summed E-state index contributed by atoms with van der Waals surface area (Å²) in [6, 6.07) is 0. The predicted molar refractivity (Wildman–Crippen MR) is 69.8 cm³/mol. The smallest absolute Gasteiger partial charge is 0.377 e. The van der Waals surface area contributed by atoms with Gasteiger partial charge >= 0.3 is 29.7 Å². The molecule has 2 N–H and O–H groups in total. The maximum Gasteiger partial charge on any atom is 0.377 e. The Bertz CT molecular complexity index is 501. The van der Waals surface area contributed by atoms with Gasteiger partial charge in [-0.15, -0.1) is 0 Å². The van der Waals surface area contributed by atoms with E-state index in [9.17, 15) is 29.4 Å². The molecule has 0 bridgehead atoms. The number of carbonyl (C=O) groups excluding carboxylic acids is 3. The minimum Gasteiger partial charge on any atom is -0.476 e. The van der Waals surface area contributed by atoms with Gasteiger partial charge in [-0.25, -0.2) is 4.79 Å². The molecule has 1 aliphatic heterocycles. The first-order valence-electron chi connectivity index (χ1n) is 6.67. The van der Waals surface area contributed by atoms with E-state index in [1.807, 2.05) is 0 Å². The maximum absolute atomic E-state index is 11.4. The van der Waals surface area contributed by atoms with Crippen LogP contribution in [0.2, 0.25) is 0 Å². The number of carbonyl (C=O) groups is 4. The molecule has 1 aliphatic rings. The maximum atomic E-state index is 11.4. The third-order valence-corrected chi connectivity index (χ3v) is 2.95. The first-order valence-corrected chi connectivity index (χ1v) is 6.67. The van der Waals surface area contributed by atoms with E-state index in [1.54, 1.807) is 0 Å². The number of carboxylic acid groups (broad SMARTS) is 1. The Hall–Kier alpha value is -2.20. The summed E-state index contributed by atoms with van der Waals surface area (Å²) in [6.45, 7) is 2.68. The van der Waals surface area contributed by atoms with E-state index in [1.165, 1.54) is 0 Å². The lowest BCUT2D eigenvalue weighted by Crippen LogP contribution is -2.45. The number of hydrogen-bond donors (Lipinski definition) is 2. The van der Waals surface area contributed by atoms with Gasteiger partial charge < -0.3 is 29.2 Å². The van der Waals surface area contributed by atoms with Crippen LogP contribution in [0, 0.1) is 0 Å². The number of carboxylic acids is 1. The van der Waals surface area contributed by atoms with Crippen LogP contribution < -0.4 is 0 Å². The molecule has 0 spiro atoms. The van der Waals surface area contributed by atoms with Gasteiger partial charge in [0.05, 0.1) is 6.42 Å². The fourth-order valence-electron chi connectivity index (χ4n) is 2.15. The fraction of sp³-hybridized carbons (Fsp3) is 0.692. The molecule has 1 rings (SSSR count). The Morgan fingerprint density at radius 1 is 1.17 bits per heavy atom. The SMILES string of the molecule is CC(=O)OC[C@@H](O)[C@@H]1O[C@](OC(C)=O)(C(=O)O)C[C@H]1OC(C)=O. The molecular formula is C13H18O10. The van der Waals surface area contributed by atoms with Gasteiger partial charge in [0.25, 0.3) is 0 Å². The number of hydrogen-bond acceptors (Lipinski definition) is 9. The van der Waals surface area contributed by atoms with Crippen LogP contribution in [0.15, 0.2) is 0 Å². The molecule has 130 valence electrons. The second kappa shape index (κ2) is 7.38. The van der Waals surface area contributed by atoms with Gasteiger partial charge in [0.2, 0.25) is 0 Å². The number of aliphatic hydroxyl groups excluding tert-OH is 1. The van der Waals surface area contributed by atoms with Gasteiger partial charge in [-0.05, 0) is 0 Å². The van der Waals surface area contributed by atoms with Crippen LogP contribution in [-0.4, -0.2) is 64.8 Å². The van der Waals surface area contributed by atoms with Crippen LogP contribution in [0.4, 0.5) is 0 Å². The monoisotopic (exact) mass is 334 g/mol. The Morgan fingerprint density at radius 2 is 1.78 bits per heavy atom. The summed E-state index contributed by atoms with van der Waals surface area (Å²) >= 11 is 0. The first kappa shape index (κ1) is 18.8. The molecule has 1 saturated heterocycles. The van der Waals surface area contributed by atoms with Crippen molar-refractivity contribution in [2.24, 2.45) is 0 Å². The average molecular weight is 334 g/mol. The van der Waals surface area contributed by atoms with Gasteiger partial charge in [-0.3, -0.25) is 14.4 Å². The zero-order chi connectivity index (χ0) is 17.8. The highest BCUT2D eigenvalue weighted by atomic mass is 16.8. The highest BCUT2D eigenvalue weighted by Gasteiger charge is 2.58. The van der Waals surface area contributed by atoms with Crippen LogP contribution in [-0.2, 0) is 38.1 Å².